The highest BCUT2D eigenvalue weighted by Gasteiger charge is 2.43. The van der Waals surface area contributed by atoms with Crippen molar-refractivity contribution in [3.8, 4) is 0 Å². The quantitative estimate of drug-likeness (QED) is 0.803. The Hall–Kier alpha value is 0.230. The lowest BCUT2D eigenvalue weighted by Gasteiger charge is -2.35. The molecular weight excluding hydrogens is 212 g/mol. The Morgan fingerprint density at radius 1 is 1.40 bits per heavy atom. The van der Waals surface area contributed by atoms with Gasteiger partial charge in [-0.1, -0.05) is 0 Å². The monoisotopic (exact) mass is 232 g/mol. The summed E-state index contributed by atoms with van der Waals surface area (Å²) in [6.45, 7) is 2.89. The lowest BCUT2D eigenvalue weighted by molar-refractivity contribution is -0.193. The molecule has 0 radical (unpaired) electrons. The SMILES string of the molecule is CC1(C2CCSCC2)OCC(CCO)O1. The first-order chi connectivity index (χ1) is 7.24. The smallest absolute Gasteiger partial charge is 0.168 e. The van der Waals surface area contributed by atoms with Gasteiger partial charge in [0.2, 0.25) is 0 Å². The highest BCUT2D eigenvalue weighted by atomic mass is 32.2. The van der Waals surface area contributed by atoms with Gasteiger partial charge >= 0.3 is 0 Å². The van der Waals surface area contributed by atoms with Gasteiger partial charge in [-0.05, 0) is 37.7 Å². The lowest BCUT2D eigenvalue weighted by atomic mass is 9.94. The molecule has 2 saturated heterocycles. The molecule has 3 nitrogen and oxygen atoms in total. The summed E-state index contributed by atoms with van der Waals surface area (Å²) in [5.74, 6) is 2.58. The number of rotatable bonds is 3. The van der Waals surface area contributed by atoms with Crippen LogP contribution in [0.5, 0.6) is 0 Å². The van der Waals surface area contributed by atoms with E-state index in [0.717, 1.165) is 0 Å². The zero-order valence-electron chi connectivity index (χ0n) is 9.28. The molecule has 0 saturated carbocycles. The van der Waals surface area contributed by atoms with Gasteiger partial charge in [0.05, 0.1) is 12.7 Å². The average molecular weight is 232 g/mol. The first kappa shape index (κ1) is 11.7. The minimum Gasteiger partial charge on any atom is -0.396 e. The zero-order chi connectivity index (χ0) is 10.7. The highest BCUT2D eigenvalue weighted by Crippen LogP contribution is 2.39. The van der Waals surface area contributed by atoms with Crippen LogP contribution >= 0.6 is 11.8 Å². The molecule has 0 aliphatic carbocycles. The van der Waals surface area contributed by atoms with Crippen molar-refractivity contribution in [3.05, 3.63) is 0 Å². The average Bonchev–Trinajstić information content (AvgIpc) is 2.64. The number of hydrogen-bond donors (Lipinski definition) is 1. The van der Waals surface area contributed by atoms with Crippen LogP contribution in [-0.2, 0) is 9.47 Å². The van der Waals surface area contributed by atoms with Crippen LogP contribution in [0.25, 0.3) is 0 Å². The van der Waals surface area contributed by atoms with Crippen molar-refractivity contribution in [2.24, 2.45) is 5.92 Å². The van der Waals surface area contributed by atoms with E-state index in [1.165, 1.54) is 24.3 Å². The van der Waals surface area contributed by atoms with E-state index >= 15 is 0 Å². The highest BCUT2D eigenvalue weighted by molar-refractivity contribution is 7.99. The molecule has 0 spiro atoms. The Balaban J connectivity index is 1.89. The van der Waals surface area contributed by atoms with Gasteiger partial charge in [-0.3, -0.25) is 0 Å². The van der Waals surface area contributed by atoms with Crippen LogP contribution in [0.4, 0.5) is 0 Å². The predicted octanol–water partition coefficient (Wildman–Crippen LogP) is 1.64. The molecule has 1 N–H and O–H groups in total. The van der Waals surface area contributed by atoms with Gasteiger partial charge in [0.1, 0.15) is 0 Å². The molecule has 88 valence electrons. The Morgan fingerprint density at radius 2 is 2.13 bits per heavy atom. The van der Waals surface area contributed by atoms with Crippen molar-refractivity contribution in [3.63, 3.8) is 0 Å². The van der Waals surface area contributed by atoms with Gasteiger partial charge < -0.3 is 14.6 Å². The Morgan fingerprint density at radius 3 is 2.80 bits per heavy atom. The van der Waals surface area contributed by atoms with Gasteiger partial charge in [0.25, 0.3) is 0 Å². The summed E-state index contributed by atoms with van der Waals surface area (Å²) in [5.41, 5.74) is 0. The molecule has 2 unspecified atom stereocenters. The van der Waals surface area contributed by atoms with E-state index in [1.807, 2.05) is 11.8 Å². The van der Waals surface area contributed by atoms with E-state index in [9.17, 15) is 0 Å². The third kappa shape index (κ3) is 2.67. The van der Waals surface area contributed by atoms with Gasteiger partial charge in [-0.25, -0.2) is 0 Å². The van der Waals surface area contributed by atoms with Gasteiger partial charge in [0.15, 0.2) is 5.79 Å². The third-order valence-corrected chi connectivity index (χ3v) is 4.42. The lowest BCUT2D eigenvalue weighted by Crippen LogP contribution is -2.38. The molecular formula is C11H20O3S. The fourth-order valence-corrected chi connectivity index (χ4v) is 3.49. The van der Waals surface area contributed by atoms with E-state index in [0.29, 0.717) is 18.9 Å². The fraction of sp³-hybridized carbons (Fsp3) is 1.00. The molecule has 2 aliphatic heterocycles. The normalized spacial score (nSPS) is 38.4. The number of ether oxygens (including phenoxy) is 2. The first-order valence-corrected chi connectivity index (χ1v) is 6.90. The molecule has 2 rings (SSSR count). The maximum absolute atomic E-state index is 8.87. The van der Waals surface area contributed by atoms with E-state index in [-0.39, 0.29) is 18.5 Å². The topological polar surface area (TPSA) is 38.7 Å². The molecule has 15 heavy (non-hydrogen) atoms. The summed E-state index contributed by atoms with van der Waals surface area (Å²) in [4.78, 5) is 0. The molecule has 2 aliphatic rings. The predicted molar refractivity (Wildman–Crippen MR) is 61.0 cm³/mol. The summed E-state index contributed by atoms with van der Waals surface area (Å²) < 4.78 is 11.7. The maximum Gasteiger partial charge on any atom is 0.168 e. The van der Waals surface area contributed by atoms with Gasteiger partial charge in [0, 0.05) is 12.5 Å². The maximum atomic E-state index is 8.87. The van der Waals surface area contributed by atoms with Crippen molar-refractivity contribution in [2.75, 3.05) is 24.7 Å². The van der Waals surface area contributed by atoms with E-state index < -0.39 is 0 Å². The fourth-order valence-electron chi connectivity index (χ4n) is 2.38. The van der Waals surface area contributed by atoms with E-state index in [4.69, 9.17) is 14.6 Å². The van der Waals surface area contributed by atoms with Crippen LogP contribution < -0.4 is 0 Å². The second-order valence-electron chi connectivity index (χ2n) is 4.47. The van der Waals surface area contributed by atoms with Gasteiger partial charge in [-0.15, -0.1) is 0 Å². The summed E-state index contributed by atoms with van der Waals surface area (Å²) >= 11 is 2.02. The molecule has 2 fully saturated rings. The molecule has 0 aromatic rings. The van der Waals surface area contributed by atoms with Crippen molar-refractivity contribution in [1.29, 1.82) is 0 Å². The second kappa shape index (κ2) is 5.04. The number of hydrogen-bond acceptors (Lipinski definition) is 4. The summed E-state index contributed by atoms with van der Waals surface area (Å²) in [6.07, 6.45) is 3.16. The standard InChI is InChI=1S/C11H20O3S/c1-11(9-3-6-15-7-4-9)13-8-10(14-11)2-5-12/h9-10,12H,2-8H2,1H3. The summed E-state index contributed by atoms with van der Waals surface area (Å²) in [5, 5.41) is 8.87. The summed E-state index contributed by atoms with van der Waals surface area (Å²) in [6, 6.07) is 0. The van der Waals surface area contributed by atoms with Crippen molar-refractivity contribution in [2.45, 2.75) is 38.1 Å². The van der Waals surface area contributed by atoms with Gasteiger partial charge in [-0.2, -0.15) is 11.8 Å². The Kier molecular flexibility index (Phi) is 3.93. The zero-order valence-corrected chi connectivity index (χ0v) is 10.1. The van der Waals surface area contributed by atoms with Crippen LogP contribution in [-0.4, -0.2) is 41.7 Å². The van der Waals surface area contributed by atoms with Crippen LogP contribution in [0.2, 0.25) is 0 Å². The number of thioether (sulfide) groups is 1. The van der Waals surface area contributed by atoms with Crippen LogP contribution in [0.3, 0.4) is 0 Å². The Bertz CT molecular complexity index is 206. The minimum atomic E-state index is -0.388. The molecule has 0 aromatic heterocycles. The van der Waals surface area contributed by atoms with Crippen molar-refractivity contribution < 1.29 is 14.6 Å². The van der Waals surface area contributed by atoms with Crippen LogP contribution in [0.15, 0.2) is 0 Å². The molecule has 2 heterocycles. The van der Waals surface area contributed by atoms with Crippen LogP contribution in [0, 0.1) is 5.92 Å². The second-order valence-corrected chi connectivity index (χ2v) is 5.69. The number of aliphatic hydroxyl groups is 1. The third-order valence-electron chi connectivity index (χ3n) is 3.37. The minimum absolute atomic E-state index is 0.0922. The van der Waals surface area contributed by atoms with Crippen LogP contribution in [0.1, 0.15) is 26.2 Å². The number of aliphatic hydroxyl groups excluding tert-OH is 1. The largest absolute Gasteiger partial charge is 0.396 e. The van der Waals surface area contributed by atoms with E-state index in [2.05, 4.69) is 6.92 Å². The Labute approximate surface area is 95.5 Å². The molecule has 0 aromatic carbocycles. The van der Waals surface area contributed by atoms with Crippen molar-refractivity contribution in [1.82, 2.24) is 0 Å². The summed E-state index contributed by atoms with van der Waals surface area (Å²) in [7, 11) is 0. The first-order valence-electron chi connectivity index (χ1n) is 5.75. The van der Waals surface area contributed by atoms with Crippen molar-refractivity contribution >= 4 is 11.8 Å². The van der Waals surface area contributed by atoms with E-state index in [1.54, 1.807) is 0 Å². The molecule has 0 amide bonds. The molecule has 0 bridgehead atoms. The molecule has 4 heteroatoms. The molecule has 2 atom stereocenters.